The lowest BCUT2D eigenvalue weighted by atomic mass is 10.0. The molecule has 1 aromatic carbocycles. The maximum absolute atomic E-state index is 13.0. The first-order valence-corrected chi connectivity index (χ1v) is 13.3. The number of sulfonamides is 1. The fourth-order valence-electron chi connectivity index (χ4n) is 4.44. The first-order chi connectivity index (χ1) is 16.1. The number of piperazine rings is 1. The van der Waals surface area contributed by atoms with E-state index in [0.29, 0.717) is 17.0 Å². The minimum absolute atomic E-state index is 0.0309. The molecule has 2 aliphatic heterocycles. The van der Waals surface area contributed by atoms with Gasteiger partial charge in [-0.1, -0.05) is 12.1 Å². The molecule has 2 aliphatic rings. The van der Waals surface area contributed by atoms with Crippen LogP contribution in [0.15, 0.2) is 23.1 Å². The molecule has 0 aliphatic carbocycles. The van der Waals surface area contributed by atoms with Gasteiger partial charge < -0.3 is 14.5 Å². The molecule has 0 aromatic heterocycles. The molecular weight excluding hydrogens is 458 g/mol. The fraction of sp³-hybridized carbons (Fsp3) is 0.625. The van der Waals surface area contributed by atoms with Crippen molar-refractivity contribution in [3.63, 3.8) is 0 Å². The van der Waals surface area contributed by atoms with Crippen LogP contribution >= 0.6 is 0 Å². The average molecular weight is 494 g/mol. The van der Waals surface area contributed by atoms with Crippen LogP contribution in [0.3, 0.4) is 0 Å². The summed E-state index contributed by atoms with van der Waals surface area (Å²) in [6.07, 6.45) is 2.86. The quantitative estimate of drug-likeness (QED) is 0.537. The number of esters is 1. The highest BCUT2D eigenvalue weighted by atomic mass is 32.2. The zero-order valence-corrected chi connectivity index (χ0v) is 21.1. The zero-order chi connectivity index (χ0) is 24.9. The van der Waals surface area contributed by atoms with E-state index in [0.717, 1.165) is 24.8 Å². The third-order valence-electron chi connectivity index (χ3n) is 6.58. The van der Waals surface area contributed by atoms with E-state index in [2.05, 4.69) is 0 Å². The molecule has 2 amide bonds. The molecular formula is C24H35N3O6S. The van der Waals surface area contributed by atoms with Gasteiger partial charge in [0.1, 0.15) is 0 Å². The van der Waals surface area contributed by atoms with Gasteiger partial charge in [-0.2, -0.15) is 4.31 Å². The van der Waals surface area contributed by atoms with E-state index in [1.165, 1.54) is 4.31 Å². The van der Waals surface area contributed by atoms with Crippen LogP contribution in [0.25, 0.3) is 0 Å². The molecule has 2 fully saturated rings. The SMILES string of the molecule is Cc1ccc(C)c(S(=O)(=O)N2CCN(C(=O)CCC(=O)OCC(=O)N3CCCCC3C)CC2)c1. The Morgan fingerprint density at radius 2 is 1.68 bits per heavy atom. The first kappa shape index (κ1) is 26.2. The molecule has 2 saturated heterocycles. The number of nitrogens with zero attached hydrogens (tertiary/aromatic N) is 3. The van der Waals surface area contributed by atoms with Gasteiger partial charge in [-0.25, -0.2) is 8.42 Å². The smallest absolute Gasteiger partial charge is 0.306 e. The number of benzene rings is 1. The van der Waals surface area contributed by atoms with Gasteiger partial charge in [0, 0.05) is 45.2 Å². The summed E-state index contributed by atoms with van der Waals surface area (Å²) in [5.41, 5.74) is 1.56. The van der Waals surface area contributed by atoms with Gasteiger partial charge in [-0.05, 0) is 57.2 Å². The van der Waals surface area contributed by atoms with E-state index in [1.54, 1.807) is 28.9 Å². The highest BCUT2D eigenvalue weighted by Gasteiger charge is 2.31. The lowest BCUT2D eigenvalue weighted by Gasteiger charge is -2.34. The van der Waals surface area contributed by atoms with Gasteiger partial charge >= 0.3 is 5.97 Å². The van der Waals surface area contributed by atoms with E-state index in [-0.39, 0.29) is 63.5 Å². The maximum atomic E-state index is 13.0. The number of ether oxygens (including phenoxy) is 1. The molecule has 34 heavy (non-hydrogen) atoms. The van der Waals surface area contributed by atoms with Crippen molar-refractivity contribution >= 4 is 27.8 Å². The van der Waals surface area contributed by atoms with Gasteiger partial charge in [0.15, 0.2) is 6.61 Å². The molecule has 2 heterocycles. The molecule has 0 bridgehead atoms. The van der Waals surface area contributed by atoms with Gasteiger partial charge in [0.2, 0.25) is 15.9 Å². The number of aryl methyl sites for hydroxylation is 2. The molecule has 188 valence electrons. The molecule has 0 radical (unpaired) electrons. The molecule has 1 unspecified atom stereocenters. The van der Waals surface area contributed by atoms with Crippen LogP contribution in [0.5, 0.6) is 0 Å². The van der Waals surface area contributed by atoms with Gasteiger partial charge in [-0.15, -0.1) is 0 Å². The van der Waals surface area contributed by atoms with E-state index in [4.69, 9.17) is 4.74 Å². The predicted molar refractivity (Wildman–Crippen MR) is 126 cm³/mol. The Balaban J connectivity index is 1.42. The highest BCUT2D eigenvalue weighted by Crippen LogP contribution is 2.23. The Kier molecular flexibility index (Phi) is 8.70. The molecule has 1 atom stereocenters. The van der Waals surface area contributed by atoms with Gasteiger partial charge in [-0.3, -0.25) is 14.4 Å². The zero-order valence-electron chi connectivity index (χ0n) is 20.3. The van der Waals surface area contributed by atoms with Crippen molar-refractivity contribution in [2.24, 2.45) is 0 Å². The van der Waals surface area contributed by atoms with Crippen LogP contribution in [0.4, 0.5) is 0 Å². The number of carbonyl (C=O) groups excluding carboxylic acids is 3. The largest absolute Gasteiger partial charge is 0.456 e. The third kappa shape index (κ3) is 6.35. The summed E-state index contributed by atoms with van der Waals surface area (Å²) in [5.74, 6) is -1.01. The van der Waals surface area contributed by atoms with E-state index in [1.807, 2.05) is 19.9 Å². The number of hydrogen-bond donors (Lipinski definition) is 0. The van der Waals surface area contributed by atoms with Crippen LogP contribution in [-0.4, -0.2) is 85.7 Å². The average Bonchev–Trinajstić information content (AvgIpc) is 2.82. The monoisotopic (exact) mass is 493 g/mol. The Hall–Kier alpha value is -2.46. The van der Waals surface area contributed by atoms with Crippen molar-refractivity contribution in [1.29, 1.82) is 0 Å². The molecule has 10 heteroatoms. The number of likely N-dealkylation sites (tertiary alicyclic amines) is 1. The molecule has 1 aromatic rings. The number of piperidine rings is 1. The van der Waals surface area contributed by atoms with Crippen LogP contribution in [0.1, 0.15) is 50.2 Å². The second-order valence-electron chi connectivity index (χ2n) is 9.15. The molecule has 0 spiro atoms. The number of hydrogen-bond acceptors (Lipinski definition) is 6. The van der Waals surface area contributed by atoms with Crippen molar-refractivity contribution in [1.82, 2.24) is 14.1 Å². The summed E-state index contributed by atoms with van der Waals surface area (Å²) >= 11 is 0. The van der Waals surface area contributed by atoms with Gasteiger partial charge in [0.25, 0.3) is 5.91 Å². The molecule has 0 saturated carbocycles. The van der Waals surface area contributed by atoms with Crippen molar-refractivity contribution in [3.8, 4) is 0 Å². The first-order valence-electron chi connectivity index (χ1n) is 11.9. The summed E-state index contributed by atoms with van der Waals surface area (Å²) in [7, 11) is -3.63. The molecule has 0 N–H and O–H groups in total. The van der Waals surface area contributed by atoms with Crippen LogP contribution in [0.2, 0.25) is 0 Å². The Bertz CT molecular complexity index is 1020. The molecule has 3 rings (SSSR count). The van der Waals surface area contributed by atoms with Crippen molar-refractivity contribution in [2.45, 2.75) is 63.8 Å². The highest BCUT2D eigenvalue weighted by molar-refractivity contribution is 7.89. The Morgan fingerprint density at radius 1 is 0.971 bits per heavy atom. The normalized spacial score (nSPS) is 19.7. The number of rotatable bonds is 7. The van der Waals surface area contributed by atoms with E-state index >= 15 is 0 Å². The number of carbonyl (C=O) groups is 3. The van der Waals surface area contributed by atoms with Crippen LogP contribution in [-0.2, 0) is 29.1 Å². The summed E-state index contributed by atoms with van der Waals surface area (Å²) in [6.45, 7) is 6.93. The summed E-state index contributed by atoms with van der Waals surface area (Å²) in [6, 6.07) is 5.49. The summed E-state index contributed by atoms with van der Waals surface area (Å²) < 4.78 is 32.6. The van der Waals surface area contributed by atoms with E-state index < -0.39 is 16.0 Å². The standard InChI is InChI=1S/C24H35N3O6S/c1-18-7-8-19(2)21(16-18)34(31,32)26-14-12-25(13-15-26)22(28)9-10-24(30)33-17-23(29)27-11-5-4-6-20(27)3/h7-8,16,20H,4-6,9-15,17H2,1-3H3. The second-order valence-corrected chi connectivity index (χ2v) is 11.1. The third-order valence-corrected chi connectivity index (χ3v) is 8.62. The predicted octanol–water partition coefficient (Wildman–Crippen LogP) is 1.86. The van der Waals surface area contributed by atoms with Crippen LogP contribution < -0.4 is 0 Å². The molecule has 9 nitrogen and oxygen atoms in total. The maximum Gasteiger partial charge on any atom is 0.306 e. The lowest BCUT2D eigenvalue weighted by molar-refractivity contribution is -0.154. The van der Waals surface area contributed by atoms with Crippen molar-refractivity contribution < 1.29 is 27.5 Å². The topological polar surface area (TPSA) is 104 Å². The second kappa shape index (κ2) is 11.3. The minimum atomic E-state index is -3.63. The van der Waals surface area contributed by atoms with E-state index in [9.17, 15) is 22.8 Å². The number of amides is 2. The summed E-state index contributed by atoms with van der Waals surface area (Å²) in [4.78, 5) is 40.5. The van der Waals surface area contributed by atoms with Crippen molar-refractivity contribution in [3.05, 3.63) is 29.3 Å². The fourth-order valence-corrected chi connectivity index (χ4v) is 6.17. The Labute approximate surface area is 202 Å². The van der Waals surface area contributed by atoms with Crippen LogP contribution in [0, 0.1) is 13.8 Å². The summed E-state index contributed by atoms with van der Waals surface area (Å²) in [5, 5.41) is 0. The van der Waals surface area contributed by atoms with Gasteiger partial charge in [0.05, 0.1) is 11.3 Å². The Morgan fingerprint density at radius 3 is 2.35 bits per heavy atom. The lowest BCUT2D eigenvalue weighted by Crippen LogP contribution is -2.50. The minimum Gasteiger partial charge on any atom is -0.456 e. The van der Waals surface area contributed by atoms with Crippen molar-refractivity contribution in [2.75, 3.05) is 39.3 Å².